The molecule has 0 amide bonds. The molecule has 1 saturated carbocycles. The lowest BCUT2D eigenvalue weighted by Gasteiger charge is -2.20. The summed E-state index contributed by atoms with van der Waals surface area (Å²) in [5, 5.41) is 0. The van der Waals surface area contributed by atoms with Crippen LogP contribution in [0.25, 0.3) is 0 Å². The molecule has 0 heterocycles. The number of allylic oxidation sites excluding steroid dienone is 2. The molecule has 88 valence electrons. The average Bonchev–Trinajstić information content (AvgIpc) is 2.80. The van der Waals surface area contributed by atoms with Gasteiger partial charge in [-0.2, -0.15) is 0 Å². The first-order valence-corrected chi connectivity index (χ1v) is 6.79. The molecule has 3 aliphatic rings. The van der Waals surface area contributed by atoms with Crippen LogP contribution >= 0.6 is 0 Å². The molecular formula is C15H22O. The molecule has 0 saturated heterocycles. The van der Waals surface area contributed by atoms with Crippen molar-refractivity contribution in [2.24, 2.45) is 35.5 Å². The largest absolute Gasteiger partial charge is 0.295 e. The van der Waals surface area contributed by atoms with Crippen molar-refractivity contribution in [2.75, 3.05) is 0 Å². The molecule has 0 aromatic rings. The van der Waals surface area contributed by atoms with Crippen LogP contribution in [0.5, 0.6) is 0 Å². The van der Waals surface area contributed by atoms with Gasteiger partial charge in [-0.1, -0.05) is 33.3 Å². The lowest BCUT2D eigenvalue weighted by atomic mass is 9.83. The zero-order valence-corrected chi connectivity index (χ0v) is 10.8. The molecule has 3 rings (SSSR count). The van der Waals surface area contributed by atoms with E-state index in [4.69, 9.17) is 0 Å². The Morgan fingerprint density at radius 3 is 2.50 bits per heavy atom. The first kappa shape index (κ1) is 10.6. The van der Waals surface area contributed by atoms with Crippen LogP contribution in [-0.2, 0) is 4.79 Å². The summed E-state index contributed by atoms with van der Waals surface area (Å²) in [6.07, 6.45) is 2.06. The van der Waals surface area contributed by atoms with Crippen molar-refractivity contribution in [1.29, 1.82) is 0 Å². The van der Waals surface area contributed by atoms with Crippen LogP contribution < -0.4 is 0 Å². The second kappa shape index (κ2) is 3.21. The quantitative estimate of drug-likeness (QED) is 0.659. The monoisotopic (exact) mass is 218 g/mol. The van der Waals surface area contributed by atoms with Crippen LogP contribution in [0.2, 0.25) is 0 Å². The van der Waals surface area contributed by atoms with Crippen molar-refractivity contribution in [3.8, 4) is 0 Å². The number of ketones is 1. The molecule has 3 aliphatic carbocycles. The summed E-state index contributed by atoms with van der Waals surface area (Å²) in [4.78, 5) is 12.0. The van der Waals surface area contributed by atoms with Crippen LogP contribution in [0, 0.1) is 35.5 Å². The normalized spacial score (nSPS) is 46.1. The van der Waals surface area contributed by atoms with Crippen molar-refractivity contribution in [3.63, 3.8) is 0 Å². The minimum atomic E-state index is 0.461. The number of Topliss-reactive ketones (excluding diaryl/α,β-unsaturated/α-hetero) is 1. The first-order chi connectivity index (χ1) is 7.52. The van der Waals surface area contributed by atoms with E-state index in [0.717, 1.165) is 30.1 Å². The highest BCUT2D eigenvalue weighted by atomic mass is 16.1. The summed E-state index contributed by atoms with van der Waals surface area (Å²) in [5.41, 5.74) is 2.82. The Morgan fingerprint density at radius 2 is 1.88 bits per heavy atom. The topological polar surface area (TPSA) is 17.1 Å². The minimum absolute atomic E-state index is 0.461. The van der Waals surface area contributed by atoms with Crippen molar-refractivity contribution in [3.05, 3.63) is 11.1 Å². The molecule has 1 fully saturated rings. The lowest BCUT2D eigenvalue weighted by Crippen LogP contribution is -2.13. The predicted molar refractivity (Wildman–Crippen MR) is 64.9 cm³/mol. The van der Waals surface area contributed by atoms with E-state index in [-0.39, 0.29) is 0 Å². The Morgan fingerprint density at radius 1 is 1.19 bits per heavy atom. The Kier molecular flexibility index (Phi) is 2.12. The molecule has 0 radical (unpaired) electrons. The first-order valence-electron chi connectivity index (χ1n) is 6.79. The van der Waals surface area contributed by atoms with Crippen LogP contribution in [0.15, 0.2) is 11.1 Å². The third-order valence-corrected chi connectivity index (χ3v) is 5.11. The second-order valence-corrected chi connectivity index (χ2v) is 6.55. The SMILES string of the molecule is CC(C)[C@H]1[C@@H]2C[C@@H](C)C3=C([C@@H]21)[C@H](C)CC3=O. The van der Waals surface area contributed by atoms with Gasteiger partial charge < -0.3 is 0 Å². The average molecular weight is 218 g/mol. The smallest absolute Gasteiger partial charge is 0.159 e. The Labute approximate surface area is 98.3 Å². The predicted octanol–water partition coefficient (Wildman–Crippen LogP) is 3.45. The maximum Gasteiger partial charge on any atom is 0.159 e. The Balaban J connectivity index is 1.99. The zero-order chi connectivity index (χ0) is 11.6. The molecule has 0 aliphatic heterocycles. The van der Waals surface area contributed by atoms with Gasteiger partial charge in [-0.15, -0.1) is 0 Å². The maximum absolute atomic E-state index is 12.0. The van der Waals surface area contributed by atoms with Crippen molar-refractivity contribution < 1.29 is 4.79 Å². The van der Waals surface area contributed by atoms with Gasteiger partial charge in [0, 0.05) is 6.42 Å². The number of carbonyl (C=O) groups excluding carboxylic acids is 1. The second-order valence-electron chi connectivity index (χ2n) is 6.55. The molecule has 1 nitrogen and oxygen atoms in total. The van der Waals surface area contributed by atoms with Crippen LogP contribution in [0.3, 0.4) is 0 Å². The van der Waals surface area contributed by atoms with Gasteiger partial charge in [0.2, 0.25) is 0 Å². The van der Waals surface area contributed by atoms with Crippen molar-refractivity contribution >= 4 is 5.78 Å². The zero-order valence-electron chi connectivity index (χ0n) is 10.8. The molecule has 0 aromatic carbocycles. The minimum Gasteiger partial charge on any atom is -0.295 e. The number of rotatable bonds is 1. The summed E-state index contributed by atoms with van der Waals surface area (Å²) in [5.74, 6) is 4.90. The van der Waals surface area contributed by atoms with Gasteiger partial charge in [0.05, 0.1) is 0 Å². The van der Waals surface area contributed by atoms with E-state index in [0.29, 0.717) is 17.6 Å². The summed E-state index contributed by atoms with van der Waals surface area (Å²) in [6, 6.07) is 0. The molecule has 0 spiro atoms. The van der Waals surface area contributed by atoms with E-state index in [1.165, 1.54) is 12.0 Å². The molecule has 1 heteroatoms. The van der Waals surface area contributed by atoms with Gasteiger partial charge in [-0.25, -0.2) is 0 Å². The fraction of sp³-hybridized carbons (Fsp3) is 0.800. The number of hydrogen-bond acceptors (Lipinski definition) is 1. The number of fused-ring (bicyclic) bond motifs is 2. The fourth-order valence-corrected chi connectivity index (χ4v) is 4.57. The third-order valence-electron chi connectivity index (χ3n) is 5.11. The molecule has 5 atom stereocenters. The standard InChI is InChI=1S/C15H22O/c1-7(2)12-10-5-8(3)13-11(16)6-9(4)14(13)15(10)12/h7-10,12,15H,5-6H2,1-4H3/t8-,9-,10+,12+,15+/m1/s1. The number of hydrogen-bond donors (Lipinski definition) is 0. The summed E-state index contributed by atoms with van der Waals surface area (Å²) in [6.45, 7) is 9.20. The fourth-order valence-electron chi connectivity index (χ4n) is 4.57. The molecule has 16 heavy (non-hydrogen) atoms. The third kappa shape index (κ3) is 1.20. The summed E-state index contributed by atoms with van der Waals surface area (Å²) < 4.78 is 0. The van der Waals surface area contributed by atoms with E-state index in [1.807, 2.05) is 0 Å². The molecule has 0 aromatic heterocycles. The van der Waals surface area contributed by atoms with E-state index in [9.17, 15) is 4.79 Å². The van der Waals surface area contributed by atoms with E-state index in [1.54, 1.807) is 5.57 Å². The van der Waals surface area contributed by atoms with Gasteiger partial charge in [0.15, 0.2) is 5.78 Å². The summed E-state index contributed by atoms with van der Waals surface area (Å²) in [7, 11) is 0. The lowest BCUT2D eigenvalue weighted by molar-refractivity contribution is -0.115. The molecular weight excluding hydrogens is 196 g/mol. The van der Waals surface area contributed by atoms with Gasteiger partial charge in [-0.3, -0.25) is 4.79 Å². The number of carbonyl (C=O) groups is 1. The van der Waals surface area contributed by atoms with E-state index < -0.39 is 0 Å². The Bertz CT molecular complexity index is 377. The maximum atomic E-state index is 12.0. The van der Waals surface area contributed by atoms with Gasteiger partial charge >= 0.3 is 0 Å². The van der Waals surface area contributed by atoms with Crippen molar-refractivity contribution in [2.45, 2.75) is 40.5 Å². The van der Waals surface area contributed by atoms with E-state index >= 15 is 0 Å². The highest BCUT2D eigenvalue weighted by molar-refractivity contribution is 6.00. The van der Waals surface area contributed by atoms with Crippen LogP contribution in [0.1, 0.15) is 40.5 Å². The highest BCUT2D eigenvalue weighted by Gasteiger charge is 2.59. The highest BCUT2D eigenvalue weighted by Crippen LogP contribution is 2.65. The van der Waals surface area contributed by atoms with Crippen molar-refractivity contribution in [1.82, 2.24) is 0 Å². The van der Waals surface area contributed by atoms with Gasteiger partial charge in [0.1, 0.15) is 0 Å². The van der Waals surface area contributed by atoms with Crippen LogP contribution in [-0.4, -0.2) is 5.78 Å². The van der Waals surface area contributed by atoms with Crippen LogP contribution in [0.4, 0.5) is 0 Å². The van der Waals surface area contributed by atoms with E-state index in [2.05, 4.69) is 27.7 Å². The molecule has 0 unspecified atom stereocenters. The summed E-state index contributed by atoms with van der Waals surface area (Å²) >= 11 is 0. The molecule has 0 bridgehead atoms. The van der Waals surface area contributed by atoms with Gasteiger partial charge in [-0.05, 0) is 47.5 Å². The van der Waals surface area contributed by atoms with Gasteiger partial charge in [0.25, 0.3) is 0 Å². The Hall–Kier alpha value is -0.590. The molecule has 0 N–H and O–H groups in total.